The molecule has 0 bridgehead atoms. The molecule has 0 saturated carbocycles. The Morgan fingerprint density at radius 1 is 0.800 bits per heavy atom. The quantitative estimate of drug-likeness (QED) is 0.500. The second-order valence-electron chi connectivity index (χ2n) is 6.87. The highest BCUT2D eigenvalue weighted by molar-refractivity contribution is 5.88. The molecule has 0 aliphatic rings. The second kappa shape index (κ2) is 5.89. The SMILES string of the molecule is Cc1cc(C)c2c(c1)c(C)cc(=O)n2Cc1cccc2ccccc12. The Kier molecular flexibility index (Phi) is 3.69. The molecule has 0 aliphatic heterocycles. The molecule has 4 rings (SSSR count). The van der Waals surface area contributed by atoms with Crippen LogP contribution in [0.15, 0.2) is 65.5 Å². The highest BCUT2D eigenvalue weighted by atomic mass is 16.1. The van der Waals surface area contributed by atoms with Crippen molar-refractivity contribution in [1.82, 2.24) is 4.57 Å². The lowest BCUT2D eigenvalue weighted by Crippen LogP contribution is -2.21. The van der Waals surface area contributed by atoms with Crippen molar-refractivity contribution in [2.75, 3.05) is 0 Å². The van der Waals surface area contributed by atoms with E-state index in [4.69, 9.17) is 0 Å². The molecule has 0 amide bonds. The van der Waals surface area contributed by atoms with Crippen LogP contribution in [0, 0.1) is 20.8 Å². The largest absolute Gasteiger partial charge is 0.304 e. The molecule has 2 nitrogen and oxygen atoms in total. The first-order valence-electron chi connectivity index (χ1n) is 8.62. The monoisotopic (exact) mass is 327 g/mol. The molecule has 0 atom stereocenters. The first-order chi connectivity index (χ1) is 12.0. The van der Waals surface area contributed by atoms with Gasteiger partial charge < -0.3 is 4.57 Å². The van der Waals surface area contributed by atoms with Gasteiger partial charge in [0.15, 0.2) is 0 Å². The van der Waals surface area contributed by atoms with E-state index in [0.717, 1.165) is 22.0 Å². The molecule has 1 heterocycles. The predicted molar refractivity (Wildman–Crippen MR) is 105 cm³/mol. The molecule has 25 heavy (non-hydrogen) atoms. The number of nitrogens with zero attached hydrogens (tertiary/aromatic N) is 1. The van der Waals surface area contributed by atoms with Crippen LogP contribution in [0.2, 0.25) is 0 Å². The fourth-order valence-corrected chi connectivity index (χ4v) is 3.83. The molecule has 0 radical (unpaired) electrons. The average molecular weight is 327 g/mol. The Bertz CT molecular complexity index is 1160. The fourth-order valence-electron chi connectivity index (χ4n) is 3.83. The number of aromatic nitrogens is 1. The van der Waals surface area contributed by atoms with Crippen molar-refractivity contribution in [1.29, 1.82) is 0 Å². The van der Waals surface area contributed by atoms with Crippen LogP contribution in [0.25, 0.3) is 21.7 Å². The van der Waals surface area contributed by atoms with E-state index in [1.54, 1.807) is 6.07 Å². The molecule has 4 aromatic rings. The highest BCUT2D eigenvalue weighted by Crippen LogP contribution is 2.25. The summed E-state index contributed by atoms with van der Waals surface area (Å²) in [6.45, 7) is 6.80. The van der Waals surface area contributed by atoms with Crippen molar-refractivity contribution in [3.63, 3.8) is 0 Å². The topological polar surface area (TPSA) is 22.0 Å². The summed E-state index contributed by atoms with van der Waals surface area (Å²) < 4.78 is 1.92. The zero-order valence-corrected chi connectivity index (χ0v) is 14.8. The van der Waals surface area contributed by atoms with Gasteiger partial charge in [0.1, 0.15) is 0 Å². The van der Waals surface area contributed by atoms with Gasteiger partial charge >= 0.3 is 0 Å². The van der Waals surface area contributed by atoms with Crippen LogP contribution in [-0.4, -0.2) is 4.57 Å². The third-order valence-corrected chi connectivity index (χ3v) is 4.95. The molecule has 1 aromatic heterocycles. The summed E-state index contributed by atoms with van der Waals surface area (Å²) in [6, 6.07) is 20.7. The molecule has 3 aromatic carbocycles. The number of fused-ring (bicyclic) bond motifs is 2. The van der Waals surface area contributed by atoms with E-state index in [-0.39, 0.29) is 5.56 Å². The van der Waals surface area contributed by atoms with Crippen LogP contribution in [0.1, 0.15) is 22.3 Å². The number of benzene rings is 3. The van der Waals surface area contributed by atoms with Gasteiger partial charge in [0.2, 0.25) is 0 Å². The van der Waals surface area contributed by atoms with E-state index in [2.05, 4.69) is 62.4 Å². The van der Waals surface area contributed by atoms with E-state index in [0.29, 0.717) is 6.54 Å². The van der Waals surface area contributed by atoms with Crippen molar-refractivity contribution in [2.45, 2.75) is 27.3 Å². The van der Waals surface area contributed by atoms with Crippen LogP contribution < -0.4 is 5.56 Å². The normalized spacial score (nSPS) is 11.3. The van der Waals surface area contributed by atoms with Crippen molar-refractivity contribution in [3.05, 3.63) is 93.3 Å². The van der Waals surface area contributed by atoms with Crippen molar-refractivity contribution >= 4 is 21.7 Å². The van der Waals surface area contributed by atoms with E-state index >= 15 is 0 Å². The van der Waals surface area contributed by atoms with Crippen molar-refractivity contribution in [2.24, 2.45) is 0 Å². The summed E-state index contributed by atoms with van der Waals surface area (Å²) in [4.78, 5) is 12.8. The first-order valence-corrected chi connectivity index (χ1v) is 8.62. The Balaban J connectivity index is 2.00. The van der Waals surface area contributed by atoms with Gasteiger partial charge in [0, 0.05) is 11.5 Å². The number of aryl methyl sites for hydroxylation is 3. The van der Waals surface area contributed by atoms with Crippen LogP contribution in [0.4, 0.5) is 0 Å². The standard InChI is InChI=1S/C23H21NO/c1-15-11-17(3)23-21(12-15)16(2)13-22(25)24(23)14-19-9-6-8-18-7-4-5-10-20(18)19/h4-13H,14H2,1-3H3. The molecule has 0 spiro atoms. The lowest BCUT2D eigenvalue weighted by atomic mass is 10.0. The minimum atomic E-state index is 0.0601. The minimum Gasteiger partial charge on any atom is -0.304 e. The summed E-state index contributed by atoms with van der Waals surface area (Å²) >= 11 is 0. The Hall–Kier alpha value is -2.87. The zero-order valence-electron chi connectivity index (χ0n) is 14.8. The highest BCUT2D eigenvalue weighted by Gasteiger charge is 2.11. The molecule has 0 saturated heterocycles. The van der Waals surface area contributed by atoms with Gasteiger partial charge in [-0.2, -0.15) is 0 Å². The van der Waals surface area contributed by atoms with E-state index < -0.39 is 0 Å². The zero-order chi connectivity index (χ0) is 17.6. The number of rotatable bonds is 2. The molecule has 0 unspecified atom stereocenters. The Labute approximate surface area is 147 Å². The summed E-state index contributed by atoms with van der Waals surface area (Å²) in [5, 5.41) is 3.57. The molecule has 0 fully saturated rings. The van der Waals surface area contributed by atoms with E-state index in [9.17, 15) is 4.79 Å². The van der Waals surface area contributed by atoms with Gasteiger partial charge in [0.25, 0.3) is 5.56 Å². The van der Waals surface area contributed by atoms with Gasteiger partial charge in [-0.1, -0.05) is 54.1 Å². The van der Waals surface area contributed by atoms with Gasteiger partial charge in [0.05, 0.1) is 12.1 Å². The van der Waals surface area contributed by atoms with Gasteiger partial charge in [-0.05, 0) is 54.3 Å². The third kappa shape index (κ3) is 2.64. The summed E-state index contributed by atoms with van der Waals surface area (Å²) in [5.41, 5.74) is 5.69. The van der Waals surface area contributed by atoms with Crippen LogP contribution in [-0.2, 0) is 6.54 Å². The molecule has 124 valence electrons. The molecule has 0 N–H and O–H groups in total. The molecular formula is C23H21NO. The molecular weight excluding hydrogens is 306 g/mol. The minimum absolute atomic E-state index is 0.0601. The van der Waals surface area contributed by atoms with Crippen LogP contribution in [0.3, 0.4) is 0 Å². The number of pyridine rings is 1. The van der Waals surface area contributed by atoms with Crippen molar-refractivity contribution in [3.8, 4) is 0 Å². The number of hydrogen-bond acceptors (Lipinski definition) is 1. The van der Waals surface area contributed by atoms with Gasteiger partial charge in [-0.3, -0.25) is 4.79 Å². The number of hydrogen-bond donors (Lipinski definition) is 0. The Morgan fingerprint density at radius 2 is 1.56 bits per heavy atom. The fraction of sp³-hybridized carbons (Fsp3) is 0.174. The molecule has 2 heteroatoms. The second-order valence-corrected chi connectivity index (χ2v) is 6.87. The lowest BCUT2D eigenvalue weighted by molar-refractivity contribution is 0.795. The van der Waals surface area contributed by atoms with Crippen LogP contribution in [0.5, 0.6) is 0 Å². The lowest BCUT2D eigenvalue weighted by Gasteiger charge is -2.16. The van der Waals surface area contributed by atoms with E-state index in [1.165, 1.54) is 21.9 Å². The van der Waals surface area contributed by atoms with Crippen LogP contribution >= 0.6 is 0 Å². The summed E-state index contributed by atoms with van der Waals surface area (Å²) in [6.07, 6.45) is 0. The third-order valence-electron chi connectivity index (χ3n) is 4.95. The van der Waals surface area contributed by atoms with Crippen molar-refractivity contribution < 1.29 is 0 Å². The maximum Gasteiger partial charge on any atom is 0.251 e. The average Bonchev–Trinajstić information content (AvgIpc) is 2.58. The summed E-state index contributed by atoms with van der Waals surface area (Å²) in [5.74, 6) is 0. The van der Waals surface area contributed by atoms with Gasteiger partial charge in [-0.25, -0.2) is 0 Å². The van der Waals surface area contributed by atoms with Gasteiger partial charge in [-0.15, -0.1) is 0 Å². The Morgan fingerprint density at radius 3 is 2.40 bits per heavy atom. The smallest absolute Gasteiger partial charge is 0.251 e. The predicted octanol–water partition coefficient (Wildman–Crippen LogP) is 5.13. The molecule has 0 aliphatic carbocycles. The maximum absolute atomic E-state index is 12.8. The van der Waals surface area contributed by atoms with E-state index in [1.807, 2.05) is 17.6 Å². The summed E-state index contributed by atoms with van der Waals surface area (Å²) in [7, 11) is 0. The first kappa shape index (κ1) is 15.6. The maximum atomic E-state index is 12.8.